The summed E-state index contributed by atoms with van der Waals surface area (Å²) in [4.78, 5) is 0. The van der Waals surface area contributed by atoms with Crippen molar-refractivity contribution in [3.63, 3.8) is 0 Å². The van der Waals surface area contributed by atoms with Crippen LogP contribution in [0.4, 0.5) is 0 Å². The zero-order valence-corrected chi connectivity index (χ0v) is 12.6. The molecule has 106 valence electrons. The topological polar surface area (TPSA) is 26.0 Å². The summed E-state index contributed by atoms with van der Waals surface area (Å²) < 4.78 is 0. The number of nitrogens with two attached hydrogens (primary N) is 1. The van der Waals surface area contributed by atoms with Crippen LogP contribution in [0.3, 0.4) is 0 Å². The summed E-state index contributed by atoms with van der Waals surface area (Å²) in [5.41, 5.74) is 9.02. The first-order valence-electron chi connectivity index (χ1n) is 7.92. The van der Waals surface area contributed by atoms with Crippen LogP contribution >= 0.6 is 0 Å². The Morgan fingerprint density at radius 3 is 2.26 bits per heavy atom. The molecule has 1 saturated carbocycles. The van der Waals surface area contributed by atoms with E-state index in [1.807, 2.05) is 0 Å². The largest absolute Gasteiger partial charge is 0.326 e. The van der Waals surface area contributed by atoms with Crippen LogP contribution in [-0.4, -0.2) is 5.54 Å². The van der Waals surface area contributed by atoms with E-state index >= 15 is 0 Å². The summed E-state index contributed by atoms with van der Waals surface area (Å²) in [6, 6.07) is 9.37. The SMILES string of the molecule is CC(C)(N)CCCc1ccc(C2CCCCC2)cc1. The molecular weight excluding hydrogens is 230 g/mol. The first-order chi connectivity index (χ1) is 9.04. The number of aryl methyl sites for hydroxylation is 1. The van der Waals surface area contributed by atoms with Gasteiger partial charge in [-0.25, -0.2) is 0 Å². The van der Waals surface area contributed by atoms with E-state index in [9.17, 15) is 0 Å². The monoisotopic (exact) mass is 259 g/mol. The maximum Gasteiger partial charge on any atom is 0.00971 e. The average Bonchev–Trinajstić information content (AvgIpc) is 2.39. The molecule has 19 heavy (non-hydrogen) atoms. The molecule has 1 aromatic carbocycles. The summed E-state index contributed by atoms with van der Waals surface area (Å²) >= 11 is 0. The summed E-state index contributed by atoms with van der Waals surface area (Å²) in [6.07, 6.45) is 10.5. The van der Waals surface area contributed by atoms with Gasteiger partial charge in [0, 0.05) is 5.54 Å². The molecule has 0 saturated heterocycles. The maximum atomic E-state index is 6.02. The van der Waals surface area contributed by atoms with E-state index in [1.54, 1.807) is 5.56 Å². The molecule has 0 aliphatic heterocycles. The van der Waals surface area contributed by atoms with Crippen molar-refractivity contribution in [3.8, 4) is 0 Å². The van der Waals surface area contributed by atoms with E-state index in [2.05, 4.69) is 38.1 Å². The molecule has 2 N–H and O–H groups in total. The molecule has 0 amide bonds. The Morgan fingerprint density at radius 1 is 1.05 bits per heavy atom. The molecule has 1 heteroatoms. The normalized spacial score (nSPS) is 17.6. The molecule has 1 aliphatic carbocycles. The van der Waals surface area contributed by atoms with Crippen molar-refractivity contribution < 1.29 is 0 Å². The lowest BCUT2D eigenvalue weighted by Crippen LogP contribution is -2.31. The molecule has 0 radical (unpaired) electrons. The highest BCUT2D eigenvalue weighted by atomic mass is 14.7. The molecule has 1 aromatic rings. The predicted molar refractivity (Wildman–Crippen MR) is 83.5 cm³/mol. The third kappa shape index (κ3) is 4.99. The van der Waals surface area contributed by atoms with E-state index in [4.69, 9.17) is 5.73 Å². The molecule has 2 rings (SSSR count). The van der Waals surface area contributed by atoms with Crippen molar-refractivity contribution in [3.05, 3.63) is 35.4 Å². The minimum atomic E-state index is -0.0258. The van der Waals surface area contributed by atoms with Gasteiger partial charge in [-0.3, -0.25) is 0 Å². The minimum absolute atomic E-state index is 0.0258. The highest BCUT2D eigenvalue weighted by Crippen LogP contribution is 2.32. The minimum Gasteiger partial charge on any atom is -0.326 e. The molecule has 0 bridgehead atoms. The fourth-order valence-electron chi connectivity index (χ4n) is 3.14. The van der Waals surface area contributed by atoms with Crippen molar-refractivity contribution in [2.24, 2.45) is 5.73 Å². The lowest BCUT2D eigenvalue weighted by atomic mass is 9.84. The van der Waals surface area contributed by atoms with Gasteiger partial charge in [0.05, 0.1) is 0 Å². The van der Waals surface area contributed by atoms with Crippen LogP contribution in [0.5, 0.6) is 0 Å². The van der Waals surface area contributed by atoms with Crippen LogP contribution < -0.4 is 5.73 Å². The summed E-state index contributed by atoms with van der Waals surface area (Å²) in [5, 5.41) is 0. The van der Waals surface area contributed by atoms with Gasteiger partial charge in [-0.15, -0.1) is 0 Å². The fraction of sp³-hybridized carbons (Fsp3) is 0.667. The van der Waals surface area contributed by atoms with Crippen molar-refractivity contribution in [2.75, 3.05) is 0 Å². The Hall–Kier alpha value is -0.820. The summed E-state index contributed by atoms with van der Waals surface area (Å²) in [7, 11) is 0. The maximum absolute atomic E-state index is 6.02. The molecular formula is C18H29N. The van der Waals surface area contributed by atoms with Gasteiger partial charge in [-0.05, 0) is 63.0 Å². The van der Waals surface area contributed by atoms with Gasteiger partial charge in [0.2, 0.25) is 0 Å². The van der Waals surface area contributed by atoms with Crippen LogP contribution in [0.2, 0.25) is 0 Å². The van der Waals surface area contributed by atoms with Crippen LogP contribution in [-0.2, 0) is 6.42 Å². The van der Waals surface area contributed by atoms with Gasteiger partial charge in [0.15, 0.2) is 0 Å². The van der Waals surface area contributed by atoms with Gasteiger partial charge >= 0.3 is 0 Å². The smallest absolute Gasteiger partial charge is 0.00971 e. The second kappa shape index (κ2) is 6.56. The Morgan fingerprint density at radius 2 is 1.68 bits per heavy atom. The van der Waals surface area contributed by atoms with Gasteiger partial charge in [-0.1, -0.05) is 43.5 Å². The van der Waals surface area contributed by atoms with E-state index < -0.39 is 0 Å². The first kappa shape index (κ1) is 14.6. The Balaban J connectivity index is 1.84. The van der Waals surface area contributed by atoms with Crippen molar-refractivity contribution in [1.29, 1.82) is 0 Å². The first-order valence-corrected chi connectivity index (χ1v) is 7.92. The van der Waals surface area contributed by atoms with Gasteiger partial charge in [-0.2, -0.15) is 0 Å². The third-order valence-corrected chi connectivity index (χ3v) is 4.34. The predicted octanol–water partition coefficient (Wildman–Crippen LogP) is 4.79. The van der Waals surface area contributed by atoms with Crippen LogP contribution in [0.15, 0.2) is 24.3 Å². The summed E-state index contributed by atoms with van der Waals surface area (Å²) in [5.74, 6) is 0.825. The summed E-state index contributed by atoms with van der Waals surface area (Å²) in [6.45, 7) is 4.22. The van der Waals surface area contributed by atoms with Gasteiger partial charge < -0.3 is 5.73 Å². The van der Waals surface area contributed by atoms with E-state index in [1.165, 1.54) is 44.1 Å². The van der Waals surface area contributed by atoms with E-state index in [0.717, 1.165) is 18.8 Å². The standard InChI is InChI=1S/C18H29N/c1-18(2,19)14-6-7-15-10-12-17(13-11-15)16-8-4-3-5-9-16/h10-13,16H,3-9,14,19H2,1-2H3. The second-order valence-corrected chi connectivity index (χ2v) is 6.92. The second-order valence-electron chi connectivity index (χ2n) is 6.92. The van der Waals surface area contributed by atoms with Crippen LogP contribution in [0.1, 0.15) is 75.8 Å². The Labute approximate surface area is 118 Å². The molecule has 0 unspecified atom stereocenters. The molecule has 1 nitrogen and oxygen atoms in total. The fourth-order valence-corrected chi connectivity index (χ4v) is 3.14. The van der Waals surface area contributed by atoms with Gasteiger partial charge in [0.25, 0.3) is 0 Å². The average molecular weight is 259 g/mol. The van der Waals surface area contributed by atoms with E-state index in [-0.39, 0.29) is 5.54 Å². The Kier molecular flexibility index (Phi) is 5.04. The number of benzene rings is 1. The van der Waals surface area contributed by atoms with Crippen molar-refractivity contribution in [2.45, 2.75) is 76.7 Å². The highest BCUT2D eigenvalue weighted by molar-refractivity contribution is 5.25. The van der Waals surface area contributed by atoms with Crippen molar-refractivity contribution in [1.82, 2.24) is 0 Å². The quantitative estimate of drug-likeness (QED) is 0.808. The lowest BCUT2D eigenvalue weighted by Gasteiger charge is -2.22. The van der Waals surface area contributed by atoms with Gasteiger partial charge in [0.1, 0.15) is 0 Å². The number of hydrogen-bond acceptors (Lipinski definition) is 1. The van der Waals surface area contributed by atoms with Crippen LogP contribution in [0.25, 0.3) is 0 Å². The zero-order chi connectivity index (χ0) is 13.7. The van der Waals surface area contributed by atoms with E-state index in [0.29, 0.717) is 0 Å². The molecule has 0 spiro atoms. The van der Waals surface area contributed by atoms with Crippen LogP contribution in [0, 0.1) is 0 Å². The highest BCUT2D eigenvalue weighted by Gasteiger charge is 2.15. The lowest BCUT2D eigenvalue weighted by molar-refractivity contribution is 0.443. The number of rotatable bonds is 5. The Bertz CT molecular complexity index is 366. The molecule has 1 aliphatic rings. The molecule has 0 atom stereocenters. The molecule has 1 fully saturated rings. The third-order valence-electron chi connectivity index (χ3n) is 4.34. The number of hydrogen-bond donors (Lipinski definition) is 1. The van der Waals surface area contributed by atoms with Crippen molar-refractivity contribution >= 4 is 0 Å². The molecule has 0 heterocycles. The molecule has 0 aromatic heterocycles. The zero-order valence-electron chi connectivity index (χ0n) is 12.6.